The molecule has 0 amide bonds. The molecule has 1 saturated heterocycles. The van der Waals surface area contributed by atoms with E-state index >= 15 is 0 Å². The first-order valence-corrected chi connectivity index (χ1v) is 10.2. The monoisotopic (exact) mass is 347 g/mol. The SMILES string of the molecule is [C-]#[N+]c1ccc(N(CCCN2CCCCC2)CC2CC2)c2ccccc12. The molecule has 3 heteroatoms. The molecule has 26 heavy (non-hydrogen) atoms. The third kappa shape index (κ3) is 4.02. The first-order valence-electron chi connectivity index (χ1n) is 10.2. The molecule has 0 aromatic heterocycles. The highest BCUT2D eigenvalue weighted by atomic mass is 15.2. The molecule has 4 rings (SSSR count). The van der Waals surface area contributed by atoms with Gasteiger partial charge in [-0.2, -0.15) is 0 Å². The van der Waals surface area contributed by atoms with Crippen molar-refractivity contribution in [3.63, 3.8) is 0 Å². The van der Waals surface area contributed by atoms with Crippen LogP contribution in [-0.2, 0) is 0 Å². The fourth-order valence-electron chi connectivity index (χ4n) is 4.23. The summed E-state index contributed by atoms with van der Waals surface area (Å²) in [5.74, 6) is 0.865. The fraction of sp³-hybridized carbons (Fsp3) is 0.522. The van der Waals surface area contributed by atoms with Crippen molar-refractivity contribution in [2.75, 3.05) is 37.6 Å². The summed E-state index contributed by atoms with van der Waals surface area (Å²) in [6, 6.07) is 12.6. The zero-order valence-electron chi connectivity index (χ0n) is 15.7. The van der Waals surface area contributed by atoms with E-state index in [2.05, 4.69) is 38.9 Å². The minimum atomic E-state index is 0.768. The minimum absolute atomic E-state index is 0.768. The van der Waals surface area contributed by atoms with E-state index in [0.717, 1.165) is 23.5 Å². The van der Waals surface area contributed by atoms with Crippen molar-refractivity contribution >= 4 is 22.1 Å². The Bertz CT molecular complexity index is 782. The van der Waals surface area contributed by atoms with Gasteiger partial charge in [0.05, 0.1) is 6.57 Å². The van der Waals surface area contributed by atoms with E-state index in [4.69, 9.17) is 6.57 Å². The molecule has 0 unspecified atom stereocenters. The van der Waals surface area contributed by atoms with Gasteiger partial charge < -0.3 is 9.80 Å². The van der Waals surface area contributed by atoms with Gasteiger partial charge in [0, 0.05) is 18.8 Å². The molecule has 1 heterocycles. The Labute approximate surface area is 157 Å². The van der Waals surface area contributed by atoms with Crippen molar-refractivity contribution in [2.24, 2.45) is 5.92 Å². The molecule has 136 valence electrons. The average Bonchev–Trinajstić information content (AvgIpc) is 3.51. The molecule has 2 aromatic rings. The van der Waals surface area contributed by atoms with E-state index in [1.807, 2.05) is 12.1 Å². The van der Waals surface area contributed by atoms with Gasteiger partial charge in [-0.25, -0.2) is 4.85 Å². The third-order valence-corrected chi connectivity index (χ3v) is 5.87. The summed E-state index contributed by atoms with van der Waals surface area (Å²) in [5, 5.41) is 2.33. The van der Waals surface area contributed by atoms with Gasteiger partial charge in [-0.15, -0.1) is 0 Å². The Morgan fingerprint density at radius 1 is 1.00 bits per heavy atom. The highest BCUT2D eigenvalue weighted by Crippen LogP contribution is 2.37. The van der Waals surface area contributed by atoms with Crippen LogP contribution in [0.1, 0.15) is 38.5 Å². The molecular formula is C23H29N3. The van der Waals surface area contributed by atoms with Gasteiger partial charge in [0.15, 0.2) is 5.69 Å². The number of rotatable bonds is 7. The normalized spacial score (nSPS) is 18.0. The molecule has 2 fully saturated rings. The van der Waals surface area contributed by atoms with Gasteiger partial charge in [0.2, 0.25) is 0 Å². The number of benzene rings is 2. The number of likely N-dealkylation sites (tertiary alicyclic amines) is 1. The van der Waals surface area contributed by atoms with E-state index in [1.165, 1.54) is 75.8 Å². The van der Waals surface area contributed by atoms with Crippen molar-refractivity contribution in [1.82, 2.24) is 4.90 Å². The third-order valence-electron chi connectivity index (χ3n) is 5.87. The Balaban J connectivity index is 1.52. The van der Waals surface area contributed by atoms with Crippen molar-refractivity contribution in [1.29, 1.82) is 0 Å². The Hall–Kier alpha value is -2.05. The molecule has 1 aliphatic carbocycles. The maximum absolute atomic E-state index is 7.46. The lowest BCUT2D eigenvalue weighted by atomic mass is 10.1. The lowest BCUT2D eigenvalue weighted by Gasteiger charge is -2.30. The molecule has 3 nitrogen and oxygen atoms in total. The largest absolute Gasteiger partial charge is 0.371 e. The number of piperidine rings is 1. The van der Waals surface area contributed by atoms with E-state index in [0.29, 0.717) is 0 Å². The number of fused-ring (bicyclic) bond motifs is 1. The van der Waals surface area contributed by atoms with Gasteiger partial charge in [0.25, 0.3) is 0 Å². The van der Waals surface area contributed by atoms with Gasteiger partial charge in [-0.05, 0) is 74.5 Å². The van der Waals surface area contributed by atoms with Crippen LogP contribution in [0.4, 0.5) is 11.4 Å². The molecule has 0 spiro atoms. The highest BCUT2D eigenvalue weighted by Gasteiger charge is 2.25. The summed E-state index contributed by atoms with van der Waals surface area (Å²) in [6.45, 7) is 13.5. The number of hydrogen-bond donors (Lipinski definition) is 0. The van der Waals surface area contributed by atoms with E-state index < -0.39 is 0 Å². The Kier molecular flexibility index (Phi) is 5.41. The summed E-state index contributed by atoms with van der Waals surface area (Å²) >= 11 is 0. The zero-order valence-corrected chi connectivity index (χ0v) is 15.7. The molecule has 2 aliphatic rings. The van der Waals surface area contributed by atoms with Gasteiger partial charge in [-0.3, -0.25) is 0 Å². The Morgan fingerprint density at radius 3 is 2.50 bits per heavy atom. The standard InChI is InChI=1S/C23H29N3/c1-24-22-12-13-23(21-9-4-3-8-20(21)22)26(18-19-10-11-19)17-7-16-25-14-5-2-6-15-25/h3-4,8-9,12-13,19H,2,5-7,10-11,14-18H2. The van der Waals surface area contributed by atoms with E-state index in [1.54, 1.807) is 0 Å². The number of nitrogens with zero attached hydrogens (tertiary/aromatic N) is 3. The molecule has 1 aliphatic heterocycles. The summed E-state index contributed by atoms with van der Waals surface area (Å²) < 4.78 is 0. The van der Waals surface area contributed by atoms with Crippen molar-refractivity contribution in [2.45, 2.75) is 38.5 Å². The summed E-state index contributed by atoms with van der Waals surface area (Å²) in [6.07, 6.45) is 8.12. The first kappa shape index (κ1) is 17.4. The lowest BCUT2D eigenvalue weighted by Crippen LogP contribution is -2.34. The molecule has 1 saturated carbocycles. The molecule has 2 aromatic carbocycles. The smallest absolute Gasteiger partial charge is 0.195 e. The summed E-state index contributed by atoms with van der Waals surface area (Å²) in [4.78, 5) is 8.95. The van der Waals surface area contributed by atoms with Crippen LogP contribution >= 0.6 is 0 Å². The Morgan fingerprint density at radius 2 is 1.77 bits per heavy atom. The summed E-state index contributed by atoms with van der Waals surface area (Å²) in [7, 11) is 0. The molecular weight excluding hydrogens is 318 g/mol. The predicted molar refractivity (Wildman–Crippen MR) is 110 cm³/mol. The van der Waals surface area contributed by atoms with Gasteiger partial charge >= 0.3 is 0 Å². The van der Waals surface area contributed by atoms with Crippen LogP contribution in [0.2, 0.25) is 0 Å². The topological polar surface area (TPSA) is 10.8 Å². The lowest BCUT2D eigenvalue weighted by molar-refractivity contribution is 0.227. The average molecular weight is 348 g/mol. The van der Waals surface area contributed by atoms with Crippen LogP contribution < -0.4 is 4.90 Å². The van der Waals surface area contributed by atoms with Gasteiger partial charge in [0.1, 0.15) is 0 Å². The van der Waals surface area contributed by atoms with Crippen LogP contribution in [0.25, 0.3) is 15.6 Å². The van der Waals surface area contributed by atoms with Crippen molar-refractivity contribution < 1.29 is 0 Å². The van der Waals surface area contributed by atoms with Gasteiger partial charge in [-0.1, -0.05) is 36.8 Å². The molecule has 0 bridgehead atoms. The molecule has 0 radical (unpaired) electrons. The van der Waals surface area contributed by atoms with Crippen LogP contribution in [0.5, 0.6) is 0 Å². The van der Waals surface area contributed by atoms with Crippen LogP contribution in [0.15, 0.2) is 36.4 Å². The van der Waals surface area contributed by atoms with E-state index in [9.17, 15) is 0 Å². The molecule has 0 atom stereocenters. The fourth-order valence-corrected chi connectivity index (χ4v) is 4.23. The summed E-state index contributed by atoms with van der Waals surface area (Å²) in [5.41, 5.74) is 2.09. The molecule has 0 N–H and O–H groups in total. The second-order valence-corrected chi connectivity index (χ2v) is 7.91. The maximum atomic E-state index is 7.46. The highest BCUT2D eigenvalue weighted by molar-refractivity contribution is 6.02. The van der Waals surface area contributed by atoms with E-state index in [-0.39, 0.29) is 0 Å². The van der Waals surface area contributed by atoms with Crippen LogP contribution in [0.3, 0.4) is 0 Å². The zero-order chi connectivity index (χ0) is 17.8. The van der Waals surface area contributed by atoms with Crippen molar-refractivity contribution in [3.8, 4) is 0 Å². The number of hydrogen-bond acceptors (Lipinski definition) is 2. The quantitative estimate of drug-likeness (QED) is 0.614. The predicted octanol–water partition coefficient (Wildman–Crippen LogP) is 5.48. The maximum Gasteiger partial charge on any atom is 0.195 e. The van der Waals surface area contributed by atoms with Crippen LogP contribution in [-0.4, -0.2) is 37.6 Å². The van der Waals surface area contributed by atoms with Crippen LogP contribution in [0, 0.1) is 12.5 Å². The second kappa shape index (κ2) is 8.10. The minimum Gasteiger partial charge on any atom is -0.371 e. The first-order chi connectivity index (χ1) is 12.8. The number of anilines is 1. The second-order valence-electron chi connectivity index (χ2n) is 7.91. The van der Waals surface area contributed by atoms with Crippen molar-refractivity contribution in [3.05, 3.63) is 47.8 Å².